The Hall–Kier alpha value is -3.96. The summed E-state index contributed by atoms with van der Waals surface area (Å²) < 4.78 is 77.6. The van der Waals surface area contributed by atoms with Gasteiger partial charge >= 0.3 is 27.1 Å². The molecule has 4 aromatic heterocycles. The van der Waals surface area contributed by atoms with Crippen molar-refractivity contribution in [3.05, 3.63) is 23.0 Å². The van der Waals surface area contributed by atoms with Crippen LogP contribution in [-0.4, -0.2) is 229 Å². The number of nitrogens with zero attached hydrogens (tertiary/aromatic N) is 8. The van der Waals surface area contributed by atoms with Gasteiger partial charge in [-0.15, -0.1) is 0 Å². The van der Waals surface area contributed by atoms with Crippen LogP contribution in [0.25, 0.3) is 22.1 Å². The Morgan fingerprint density at radius 3 is 1.59 bits per heavy atom. The zero-order valence-corrected chi connectivity index (χ0v) is 46.2. The summed E-state index contributed by atoms with van der Waals surface area (Å²) in [5.41, 5.74) is 0.261. The predicted octanol–water partition coefficient (Wildman–Crippen LogP) is -0.150. The minimum Gasteiger partial charge on any atom is -0.464 e. The van der Waals surface area contributed by atoms with Crippen molar-refractivity contribution >= 4 is 84.0 Å². The molecule has 11 N–H and O–H groups in total. The number of fused-ring (bicyclic) bond motifs is 2. The van der Waals surface area contributed by atoms with E-state index in [0.29, 0.717) is 22.4 Å². The van der Waals surface area contributed by atoms with E-state index in [1.807, 2.05) is 0 Å². The number of aliphatic hydroxyl groups excluding tert-OH is 5. The molecular weight excluding hydrogens is 1150 g/mol. The lowest BCUT2D eigenvalue weighted by atomic mass is 10.1. The van der Waals surface area contributed by atoms with Crippen LogP contribution in [0, 0.1) is 0 Å². The number of halogens is 2. The summed E-state index contributed by atoms with van der Waals surface area (Å²) in [6.45, 7) is -7.76. The van der Waals surface area contributed by atoms with E-state index in [1.54, 1.807) is 0 Å². The molecule has 0 aromatic carbocycles. The number of esters is 2. The van der Waals surface area contributed by atoms with Gasteiger partial charge in [0, 0.05) is 12.1 Å². The van der Waals surface area contributed by atoms with Crippen LogP contribution < -0.4 is 10.6 Å². The molecule has 4 aromatic rings. The fourth-order valence-electron chi connectivity index (χ4n) is 9.68. The Balaban J connectivity index is 0.892. The van der Waals surface area contributed by atoms with Gasteiger partial charge in [-0.05, 0) is 55.8 Å². The molecule has 2 aliphatic heterocycles. The van der Waals surface area contributed by atoms with Crippen molar-refractivity contribution in [3.63, 3.8) is 0 Å². The molecule has 10 atom stereocenters. The van der Waals surface area contributed by atoms with E-state index in [2.05, 4.69) is 40.8 Å². The second-order valence-corrected chi connectivity index (χ2v) is 23.9. The van der Waals surface area contributed by atoms with E-state index >= 15 is 0 Å². The standard InChI is InChI=1S/C44H64Cl2N10O22P2/c1-2-72-29(59)17-70-22-44(20-58,80(67,68)69)76-16-28-34(33(63)40(78-28)56-38-26(14-48-56)36(52-42(46)54-38)50-24-9-5-6-10-24)74-12-11-73-30(60)18-71-21-43(19-57,79(64,65)66)75-15-27-31(61)32(62)39(77-27)55-37-25(13-47-55)35(51-41(45)53-37)49-23-7-3-4-8-23/h13-14,23-24,27-28,31-34,39-40,57-58,61-63H,2-12,15-22H2,1H3,(H,49,51,53)(H,50,52,54)(H2,64,65,66)(H2,67,68,69)/t27-,28-,31-,32-,33-,34-,39-,40-,43-,44+/m1/s1. The van der Waals surface area contributed by atoms with Gasteiger partial charge in [0.15, 0.2) is 23.8 Å². The minimum atomic E-state index is -5.49. The maximum absolute atomic E-state index is 12.9. The largest absolute Gasteiger partial charge is 0.464 e. The molecule has 0 unspecified atom stereocenters. The number of aromatic nitrogens is 8. The number of ether oxygens (including phenoxy) is 9. The van der Waals surface area contributed by atoms with Crippen LogP contribution in [0.2, 0.25) is 10.6 Å². The topological polar surface area (TPSA) is 445 Å². The molecule has 0 radical (unpaired) electrons. The first-order valence-electron chi connectivity index (χ1n) is 25.5. The number of carbonyl (C=O) groups excluding carboxylic acids is 2. The molecule has 2 aliphatic carbocycles. The van der Waals surface area contributed by atoms with Crippen LogP contribution in [0.15, 0.2) is 12.4 Å². The molecule has 0 bridgehead atoms. The summed E-state index contributed by atoms with van der Waals surface area (Å²) >= 11 is 12.6. The molecule has 6 heterocycles. The van der Waals surface area contributed by atoms with E-state index in [9.17, 15) is 63.8 Å². The van der Waals surface area contributed by atoms with E-state index in [0.717, 1.165) is 51.4 Å². The molecule has 4 fully saturated rings. The Bertz CT molecular complexity index is 2860. The lowest BCUT2D eigenvalue weighted by molar-refractivity contribution is -0.161. The second-order valence-electron chi connectivity index (χ2n) is 19.5. The van der Waals surface area contributed by atoms with Gasteiger partial charge in [0.25, 0.3) is 0 Å². The highest BCUT2D eigenvalue weighted by molar-refractivity contribution is 7.53. The number of anilines is 2. The number of hydrogen-bond acceptors (Lipinski definition) is 26. The first-order chi connectivity index (χ1) is 38.1. The fraction of sp³-hybridized carbons (Fsp3) is 0.727. The third-order valence-corrected chi connectivity index (χ3v) is 17.3. The number of carbonyl (C=O) groups is 2. The van der Waals surface area contributed by atoms with Crippen molar-refractivity contribution in [2.45, 2.75) is 130 Å². The molecule has 0 spiro atoms. The van der Waals surface area contributed by atoms with Gasteiger partial charge in [-0.1, -0.05) is 25.7 Å². The number of hydrogen-bond donors (Lipinski definition) is 11. The van der Waals surface area contributed by atoms with Crippen molar-refractivity contribution in [3.8, 4) is 0 Å². The molecule has 36 heteroatoms. The normalized spacial score (nSPS) is 25.6. The minimum absolute atomic E-state index is 0.0126. The number of rotatable bonds is 29. The summed E-state index contributed by atoms with van der Waals surface area (Å²) in [4.78, 5) is 83.5. The third-order valence-electron chi connectivity index (χ3n) is 14.0. The molecular formula is C44H64Cl2N10O22P2. The molecule has 4 aliphatic rings. The van der Waals surface area contributed by atoms with Crippen molar-refractivity contribution in [1.29, 1.82) is 0 Å². The van der Waals surface area contributed by atoms with E-state index in [1.165, 1.54) is 28.7 Å². The van der Waals surface area contributed by atoms with Gasteiger partial charge in [-0.2, -0.15) is 30.1 Å². The molecule has 2 saturated carbocycles. The van der Waals surface area contributed by atoms with Crippen LogP contribution in [0.3, 0.4) is 0 Å². The van der Waals surface area contributed by atoms with E-state index in [-0.39, 0.29) is 40.6 Å². The van der Waals surface area contributed by atoms with Crippen LogP contribution in [0.1, 0.15) is 70.7 Å². The summed E-state index contributed by atoms with van der Waals surface area (Å²) in [6, 6.07) is 0.240. The zero-order chi connectivity index (χ0) is 57.6. The van der Waals surface area contributed by atoms with Crippen LogP contribution in [-0.2, 0) is 61.4 Å². The summed E-state index contributed by atoms with van der Waals surface area (Å²) in [6.07, 6.45) is -1.78. The maximum atomic E-state index is 12.9. The zero-order valence-electron chi connectivity index (χ0n) is 42.9. The highest BCUT2D eigenvalue weighted by atomic mass is 35.5. The van der Waals surface area contributed by atoms with Crippen molar-refractivity contribution in [1.82, 2.24) is 39.5 Å². The predicted molar refractivity (Wildman–Crippen MR) is 273 cm³/mol. The Morgan fingerprint density at radius 1 is 0.675 bits per heavy atom. The first kappa shape index (κ1) is 62.1. The van der Waals surface area contributed by atoms with Crippen molar-refractivity contribution < 1.29 is 106 Å². The Kier molecular flexibility index (Phi) is 20.8. The Morgan fingerprint density at radius 2 is 1.12 bits per heavy atom. The first-order valence-corrected chi connectivity index (χ1v) is 29.5. The highest BCUT2D eigenvalue weighted by Crippen LogP contribution is 2.53. The van der Waals surface area contributed by atoms with Gasteiger partial charge < -0.3 is 98.4 Å². The smallest absolute Gasteiger partial charge is 0.361 e. The second kappa shape index (κ2) is 26.7. The van der Waals surface area contributed by atoms with Gasteiger partial charge in [-0.25, -0.2) is 19.0 Å². The Labute approximate surface area is 464 Å². The SMILES string of the molecule is CCOC(=O)COC[C@@](CO)(OC[C@H]1O[C@@H](n2ncc3c(NC4CCCC4)nc(Cl)nc32)[C@H](O)[C@@H]1OCCOC(=O)COC[C@](CO)(OC[C@H]1O[C@@H](n2ncc3c(NC4CCCC4)nc(Cl)nc32)[C@H](O)[C@@H]1O)P(=O)(O)O)P(=O)(O)O. The summed E-state index contributed by atoms with van der Waals surface area (Å²) in [5, 5.41) is 64.8. The molecule has 2 saturated heterocycles. The fourth-order valence-corrected chi connectivity index (χ4v) is 11.4. The van der Waals surface area contributed by atoms with Crippen molar-refractivity contribution in [2.75, 3.05) is 83.3 Å². The van der Waals surface area contributed by atoms with Gasteiger partial charge in [0.1, 0.15) is 68.1 Å². The maximum Gasteiger partial charge on any atom is 0.361 e. The average molecular weight is 1220 g/mol. The lowest BCUT2D eigenvalue weighted by Gasteiger charge is -2.33. The summed E-state index contributed by atoms with van der Waals surface area (Å²) in [7, 11) is -10.9. The van der Waals surface area contributed by atoms with Crippen LogP contribution in [0.4, 0.5) is 11.6 Å². The lowest BCUT2D eigenvalue weighted by Crippen LogP contribution is -2.46. The monoisotopic (exact) mass is 1220 g/mol. The van der Waals surface area contributed by atoms with Gasteiger partial charge in [0.2, 0.25) is 21.3 Å². The molecule has 8 rings (SSSR count). The van der Waals surface area contributed by atoms with E-state index < -0.39 is 153 Å². The highest BCUT2D eigenvalue weighted by Gasteiger charge is 2.54. The quantitative estimate of drug-likeness (QED) is 0.0146. The molecule has 0 amide bonds. The van der Waals surface area contributed by atoms with Gasteiger partial charge in [-0.3, -0.25) is 9.13 Å². The van der Waals surface area contributed by atoms with E-state index in [4.69, 9.17) is 65.8 Å². The molecule has 446 valence electrons. The van der Waals surface area contributed by atoms with Crippen LogP contribution in [0.5, 0.6) is 0 Å². The number of aliphatic hydroxyl groups is 5. The molecule has 32 nitrogen and oxygen atoms in total. The average Bonchev–Trinajstić information content (AvgIpc) is 4.29. The third kappa shape index (κ3) is 14.0. The summed E-state index contributed by atoms with van der Waals surface area (Å²) in [5.74, 6) is -1.22. The van der Waals surface area contributed by atoms with Crippen molar-refractivity contribution in [2.24, 2.45) is 0 Å². The van der Waals surface area contributed by atoms with Crippen LogP contribution >= 0.6 is 38.4 Å². The number of nitrogens with one attached hydrogen (secondary N) is 2. The molecule has 80 heavy (non-hydrogen) atoms. The van der Waals surface area contributed by atoms with Gasteiger partial charge in [0.05, 0.1) is 76.0 Å².